The summed E-state index contributed by atoms with van der Waals surface area (Å²) in [5.74, 6) is 0.522. The second-order valence-corrected chi connectivity index (χ2v) is 10.6. The molecule has 0 bridgehead atoms. The Morgan fingerprint density at radius 3 is 2.76 bits per heavy atom. The quantitative estimate of drug-likeness (QED) is 0.596. The van der Waals surface area contributed by atoms with Crippen LogP contribution in [0.2, 0.25) is 0 Å². The Morgan fingerprint density at radius 1 is 1.18 bits per heavy atom. The van der Waals surface area contributed by atoms with E-state index in [1.54, 1.807) is 0 Å². The van der Waals surface area contributed by atoms with E-state index in [1.165, 1.54) is 24.1 Å². The molecule has 1 unspecified atom stereocenters. The van der Waals surface area contributed by atoms with E-state index in [1.807, 2.05) is 18.7 Å². The number of likely N-dealkylation sites (tertiary alicyclic amines) is 1. The zero-order chi connectivity index (χ0) is 24.0. The van der Waals surface area contributed by atoms with Gasteiger partial charge in [0.2, 0.25) is 5.91 Å². The van der Waals surface area contributed by atoms with E-state index in [0.29, 0.717) is 18.9 Å². The van der Waals surface area contributed by atoms with Crippen molar-refractivity contribution in [1.82, 2.24) is 15.5 Å². The topological polar surface area (TPSA) is 73.9 Å². The molecule has 1 aromatic rings. The number of carbonyl (C=O) groups excluding carboxylic acids is 2. The lowest BCUT2D eigenvalue weighted by Gasteiger charge is -2.46. The Labute approximate surface area is 204 Å². The number of piperidine rings is 1. The van der Waals surface area contributed by atoms with Crippen LogP contribution in [0.15, 0.2) is 24.3 Å². The molecular weight excluding hydrogens is 428 g/mol. The fourth-order valence-electron chi connectivity index (χ4n) is 5.78. The molecule has 2 N–H and O–H groups in total. The minimum Gasteiger partial charge on any atom is -0.375 e. The van der Waals surface area contributed by atoms with Gasteiger partial charge in [0.05, 0.1) is 5.60 Å². The molecule has 3 aliphatic heterocycles. The fourth-order valence-corrected chi connectivity index (χ4v) is 5.78. The maximum atomic E-state index is 12.6. The smallest absolute Gasteiger partial charge is 0.317 e. The molecule has 0 radical (unpaired) electrons. The lowest BCUT2D eigenvalue weighted by Crippen LogP contribution is -2.53. The first kappa shape index (κ1) is 24.8. The molecule has 188 valence electrons. The van der Waals surface area contributed by atoms with Crippen LogP contribution >= 0.6 is 0 Å². The zero-order valence-corrected chi connectivity index (χ0v) is 21.0. The van der Waals surface area contributed by atoms with Crippen molar-refractivity contribution >= 4 is 17.6 Å². The molecule has 4 rings (SSSR count). The fraction of sp³-hybridized carbons (Fsp3) is 0.704. The van der Waals surface area contributed by atoms with Gasteiger partial charge in [-0.2, -0.15) is 0 Å². The van der Waals surface area contributed by atoms with Crippen LogP contribution in [0, 0.1) is 5.92 Å². The summed E-state index contributed by atoms with van der Waals surface area (Å²) in [5.41, 5.74) is 2.64. The molecule has 3 heterocycles. The first-order valence-electron chi connectivity index (χ1n) is 13.2. The van der Waals surface area contributed by atoms with E-state index in [9.17, 15) is 9.59 Å². The highest BCUT2D eigenvalue weighted by molar-refractivity contribution is 5.76. The maximum absolute atomic E-state index is 12.6. The molecular formula is C27H42N4O3. The number of carbonyl (C=O) groups is 2. The molecule has 2 saturated heterocycles. The van der Waals surface area contributed by atoms with Gasteiger partial charge in [-0.05, 0) is 76.3 Å². The first-order chi connectivity index (χ1) is 16.4. The summed E-state index contributed by atoms with van der Waals surface area (Å²) >= 11 is 0. The van der Waals surface area contributed by atoms with Crippen molar-refractivity contribution in [2.45, 2.75) is 76.9 Å². The van der Waals surface area contributed by atoms with Crippen LogP contribution in [0.4, 0.5) is 10.5 Å². The normalized spacial score (nSPS) is 21.9. The van der Waals surface area contributed by atoms with Crippen LogP contribution < -0.4 is 15.5 Å². The number of ether oxygens (including phenoxy) is 1. The van der Waals surface area contributed by atoms with Gasteiger partial charge in [0.15, 0.2) is 0 Å². The van der Waals surface area contributed by atoms with Gasteiger partial charge in [0.25, 0.3) is 0 Å². The van der Waals surface area contributed by atoms with Crippen molar-refractivity contribution in [2.75, 3.05) is 44.2 Å². The number of urea groups is 1. The number of amides is 3. The molecule has 7 heteroatoms. The van der Waals surface area contributed by atoms with E-state index >= 15 is 0 Å². The van der Waals surface area contributed by atoms with E-state index < -0.39 is 0 Å². The molecule has 1 atom stereocenters. The van der Waals surface area contributed by atoms with Gasteiger partial charge in [-0.1, -0.05) is 18.2 Å². The molecule has 3 aliphatic rings. The SMILES string of the molecule is CC(C)NC(=O)N1CCC2(CC1)CC(CC(=O)NCCCN1CCCc3ccccc31)CCO2. The monoisotopic (exact) mass is 470 g/mol. The number of rotatable bonds is 7. The van der Waals surface area contributed by atoms with Gasteiger partial charge in [-0.3, -0.25) is 4.79 Å². The van der Waals surface area contributed by atoms with Crippen molar-refractivity contribution in [1.29, 1.82) is 0 Å². The molecule has 2 fully saturated rings. The zero-order valence-electron chi connectivity index (χ0n) is 21.0. The third kappa shape index (κ3) is 6.44. The minimum absolute atomic E-state index is 0.0182. The summed E-state index contributed by atoms with van der Waals surface area (Å²) in [5, 5.41) is 6.14. The Balaban J connectivity index is 1.16. The molecule has 1 aromatic carbocycles. The summed E-state index contributed by atoms with van der Waals surface area (Å²) in [4.78, 5) is 29.3. The third-order valence-electron chi connectivity index (χ3n) is 7.58. The van der Waals surface area contributed by atoms with E-state index in [0.717, 1.165) is 64.8 Å². The lowest BCUT2D eigenvalue weighted by molar-refractivity contribution is -0.133. The molecule has 34 heavy (non-hydrogen) atoms. The number of benzene rings is 1. The first-order valence-corrected chi connectivity index (χ1v) is 13.2. The predicted molar refractivity (Wildman–Crippen MR) is 135 cm³/mol. The maximum Gasteiger partial charge on any atom is 0.317 e. The lowest BCUT2D eigenvalue weighted by atomic mass is 9.78. The van der Waals surface area contributed by atoms with Gasteiger partial charge in [0, 0.05) is 57.5 Å². The van der Waals surface area contributed by atoms with Gasteiger partial charge < -0.3 is 25.2 Å². The largest absolute Gasteiger partial charge is 0.375 e. The number of para-hydroxylation sites is 1. The van der Waals surface area contributed by atoms with E-state index in [2.05, 4.69) is 39.8 Å². The van der Waals surface area contributed by atoms with Crippen LogP contribution in [0.5, 0.6) is 0 Å². The van der Waals surface area contributed by atoms with Gasteiger partial charge >= 0.3 is 6.03 Å². The second-order valence-electron chi connectivity index (χ2n) is 10.6. The van der Waals surface area contributed by atoms with Crippen molar-refractivity contribution in [3.8, 4) is 0 Å². The van der Waals surface area contributed by atoms with Crippen molar-refractivity contribution < 1.29 is 14.3 Å². The number of hydrogen-bond acceptors (Lipinski definition) is 4. The minimum atomic E-state index is -0.167. The van der Waals surface area contributed by atoms with Crippen molar-refractivity contribution in [3.63, 3.8) is 0 Å². The Kier molecular flexibility index (Phi) is 8.35. The summed E-state index contributed by atoms with van der Waals surface area (Å²) in [7, 11) is 0. The molecule has 0 aromatic heterocycles. The highest BCUT2D eigenvalue weighted by Crippen LogP contribution is 2.38. The van der Waals surface area contributed by atoms with E-state index in [-0.39, 0.29) is 23.6 Å². The molecule has 7 nitrogen and oxygen atoms in total. The predicted octanol–water partition coefficient (Wildman–Crippen LogP) is 3.71. The summed E-state index contributed by atoms with van der Waals surface area (Å²) in [6.07, 6.45) is 7.49. The number of fused-ring (bicyclic) bond motifs is 1. The summed E-state index contributed by atoms with van der Waals surface area (Å²) < 4.78 is 6.23. The molecule has 3 amide bonds. The average Bonchev–Trinajstić information content (AvgIpc) is 2.82. The number of nitrogens with one attached hydrogen (secondary N) is 2. The Bertz CT molecular complexity index is 835. The summed E-state index contributed by atoms with van der Waals surface area (Å²) in [6, 6.07) is 8.85. The van der Waals surface area contributed by atoms with Gasteiger partial charge in [0.1, 0.15) is 0 Å². The van der Waals surface area contributed by atoms with Crippen LogP contribution in [0.25, 0.3) is 0 Å². The number of anilines is 1. The molecule has 0 aliphatic carbocycles. The third-order valence-corrected chi connectivity index (χ3v) is 7.58. The Hall–Kier alpha value is -2.28. The molecule has 1 spiro atoms. The Morgan fingerprint density at radius 2 is 1.97 bits per heavy atom. The average molecular weight is 471 g/mol. The van der Waals surface area contributed by atoms with Crippen molar-refractivity contribution in [2.24, 2.45) is 5.92 Å². The molecule has 0 saturated carbocycles. The van der Waals surface area contributed by atoms with Gasteiger partial charge in [-0.25, -0.2) is 4.79 Å². The van der Waals surface area contributed by atoms with E-state index in [4.69, 9.17) is 4.74 Å². The van der Waals surface area contributed by atoms with Crippen LogP contribution in [0.1, 0.15) is 64.4 Å². The van der Waals surface area contributed by atoms with Crippen LogP contribution in [0.3, 0.4) is 0 Å². The second kappa shape index (κ2) is 11.4. The van der Waals surface area contributed by atoms with Crippen LogP contribution in [-0.2, 0) is 16.0 Å². The standard InChI is InChI=1S/C27H42N4O3/c1-21(2)29-26(33)31-16-11-27(12-17-31)20-22(10-18-34-27)19-25(32)28-13-6-15-30-14-5-8-23-7-3-4-9-24(23)30/h3-4,7,9,21-22H,5-6,8,10-20H2,1-2H3,(H,28,32)(H,29,33). The highest BCUT2D eigenvalue weighted by Gasteiger charge is 2.41. The summed E-state index contributed by atoms with van der Waals surface area (Å²) in [6.45, 7) is 8.93. The highest BCUT2D eigenvalue weighted by atomic mass is 16.5. The number of hydrogen-bond donors (Lipinski definition) is 2. The van der Waals surface area contributed by atoms with Gasteiger partial charge in [-0.15, -0.1) is 0 Å². The number of aryl methyl sites for hydroxylation is 1. The number of nitrogens with zero attached hydrogens (tertiary/aromatic N) is 2. The van der Waals surface area contributed by atoms with Crippen molar-refractivity contribution in [3.05, 3.63) is 29.8 Å². The van der Waals surface area contributed by atoms with Crippen LogP contribution in [-0.4, -0.2) is 67.8 Å².